The van der Waals surface area contributed by atoms with Crippen molar-refractivity contribution in [1.82, 2.24) is 5.32 Å². The zero-order valence-corrected chi connectivity index (χ0v) is 17.0. The van der Waals surface area contributed by atoms with E-state index in [1.807, 2.05) is 12.1 Å². The van der Waals surface area contributed by atoms with Gasteiger partial charge in [0.2, 0.25) is 0 Å². The molecule has 0 heterocycles. The number of hydrogen-bond acceptors (Lipinski definition) is 3. The van der Waals surface area contributed by atoms with Crippen molar-refractivity contribution >= 4 is 15.9 Å². The van der Waals surface area contributed by atoms with Crippen molar-refractivity contribution in [2.75, 3.05) is 13.7 Å². The molecule has 0 unspecified atom stereocenters. The average molecular weight is 406 g/mol. The highest BCUT2D eigenvalue weighted by molar-refractivity contribution is 9.10. The van der Waals surface area contributed by atoms with Gasteiger partial charge < -0.3 is 14.8 Å². The van der Waals surface area contributed by atoms with Crippen LogP contribution in [-0.2, 0) is 13.2 Å². The molecule has 25 heavy (non-hydrogen) atoms. The Hall–Kier alpha value is -1.52. The van der Waals surface area contributed by atoms with Crippen LogP contribution < -0.4 is 14.8 Å². The lowest BCUT2D eigenvalue weighted by atomic mass is 10.1. The molecule has 1 N–H and O–H groups in total. The van der Waals surface area contributed by atoms with Gasteiger partial charge >= 0.3 is 0 Å². The summed E-state index contributed by atoms with van der Waals surface area (Å²) in [5, 5.41) is 3.51. The van der Waals surface area contributed by atoms with Gasteiger partial charge in [0, 0.05) is 16.6 Å². The first-order valence-corrected chi connectivity index (χ1v) is 9.69. The molecule has 0 aliphatic rings. The van der Waals surface area contributed by atoms with Crippen LogP contribution in [0.4, 0.5) is 0 Å². The van der Waals surface area contributed by atoms with E-state index in [4.69, 9.17) is 9.47 Å². The smallest absolute Gasteiger partial charge is 0.167 e. The summed E-state index contributed by atoms with van der Waals surface area (Å²) >= 11 is 3.65. The van der Waals surface area contributed by atoms with Crippen LogP contribution in [0.15, 0.2) is 40.9 Å². The number of hydrogen-bond donors (Lipinski definition) is 1. The highest BCUT2D eigenvalue weighted by Gasteiger charge is 2.14. The number of benzene rings is 2. The number of methoxy groups -OCH3 is 1. The number of ether oxygens (including phenoxy) is 2. The minimum Gasteiger partial charge on any atom is -0.493 e. The van der Waals surface area contributed by atoms with Gasteiger partial charge in [0.05, 0.1) is 7.11 Å². The van der Waals surface area contributed by atoms with E-state index in [-0.39, 0.29) is 0 Å². The maximum absolute atomic E-state index is 6.15. The Balaban J connectivity index is 2.10. The normalized spacial score (nSPS) is 10.7. The third-order valence-electron chi connectivity index (χ3n) is 4.15. The molecule has 0 aliphatic carbocycles. The number of rotatable bonds is 10. The second-order valence-electron chi connectivity index (χ2n) is 6.22. The zero-order valence-electron chi connectivity index (χ0n) is 15.4. The molecule has 2 aromatic carbocycles. The van der Waals surface area contributed by atoms with Crippen molar-refractivity contribution in [1.29, 1.82) is 0 Å². The summed E-state index contributed by atoms with van der Waals surface area (Å²) in [5.41, 5.74) is 3.50. The number of halogens is 1. The molecule has 0 fully saturated rings. The Labute approximate surface area is 159 Å². The van der Waals surface area contributed by atoms with Crippen molar-refractivity contribution in [2.24, 2.45) is 0 Å². The summed E-state index contributed by atoms with van der Waals surface area (Å²) in [5.74, 6) is 1.57. The largest absolute Gasteiger partial charge is 0.493 e. The van der Waals surface area contributed by atoms with Gasteiger partial charge in [-0.25, -0.2) is 0 Å². The maximum atomic E-state index is 6.15. The Morgan fingerprint density at radius 3 is 2.48 bits per heavy atom. The van der Waals surface area contributed by atoms with Gasteiger partial charge in [0.25, 0.3) is 0 Å². The lowest BCUT2D eigenvalue weighted by molar-refractivity contribution is 0.280. The fraction of sp³-hybridized carbons (Fsp3) is 0.429. The Kier molecular flexibility index (Phi) is 8.29. The molecule has 0 spiro atoms. The van der Waals surface area contributed by atoms with E-state index in [1.165, 1.54) is 24.8 Å². The van der Waals surface area contributed by atoms with Crippen LogP contribution in [0.2, 0.25) is 0 Å². The topological polar surface area (TPSA) is 30.5 Å². The van der Waals surface area contributed by atoms with Gasteiger partial charge in [-0.15, -0.1) is 0 Å². The SMILES string of the molecule is CCCCCNCc1c(Br)ccc(OC)c1OCc1ccc(C)cc1. The quantitative estimate of drug-likeness (QED) is 0.519. The Bertz CT molecular complexity index is 656. The van der Waals surface area contributed by atoms with Gasteiger partial charge in [-0.05, 0) is 37.6 Å². The number of nitrogens with one attached hydrogen (secondary N) is 1. The molecular weight excluding hydrogens is 378 g/mol. The fourth-order valence-electron chi connectivity index (χ4n) is 2.62. The molecule has 0 aromatic heterocycles. The Morgan fingerprint density at radius 1 is 1.04 bits per heavy atom. The standard InChI is InChI=1S/C21H28BrNO2/c1-4-5-6-13-23-14-18-19(22)11-12-20(24-3)21(18)25-15-17-9-7-16(2)8-10-17/h7-12,23H,4-6,13-15H2,1-3H3. The predicted molar refractivity (Wildman–Crippen MR) is 107 cm³/mol. The van der Waals surface area contributed by atoms with Gasteiger partial charge in [0.1, 0.15) is 6.61 Å². The van der Waals surface area contributed by atoms with Crippen LogP contribution >= 0.6 is 15.9 Å². The highest BCUT2D eigenvalue weighted by Crippen LogP contribution is 2.36. The molecular formula is C21H28BrNO2. The van der Waals surface area contributed by atoms with Gasteiger partial charge in [-0.1, -0.05) is 65.5 Å². The van der Waals surface area contributed by atoms with E-state index in [1.54, 1.807) is 7.11 Å². The molecule has 0 aliphatic heterocycles. The minimum atomic E-state index is 0.524. The molecule has 2 rings (SSSR count). The molecule has 0 radical (unpaired) electrons. The van der Waals surface area contributed by atoms with E-state index >= 15 is 0 Å². The van der Waals surface area contributed by atoms with Crippen LogP contribution in [0.1, 0.15) is 42.9 Å². The third kappa shape index (κ3) is 6.05. The summed E-state index contributed by atoms with van der Waals surface area (Å²) in [4.78, 5) is 0. The van der Waals surface area contributed by atoms with Crippen molar-refractivity contribution in [3.63, 3.8) is 0 Å². The first kappa shape index (κ1) is 19.8. The lowest BCUT2D eigenvalue weighted by Gasteiger charge is -2.17. The van der Waals surface area contributed by atoms with E-state index in [2.05, 4.69) is 59.4 Å². The average Bonchev–Trinajstić information content (AvgIpc) is 2.62. The van der Waals surface area contributed by atoms with Gasteiger partial charge in [-0.3, -0.25) is 0 Å². The first-order chi connectivity index (χ1) is 12.2. The second-order valence-corrected chi connectivity index (χ2v) is 7.07. The van der Waals surface area contributed by atoms with Crippen LogP contribution in [0, 0.1) is 6.92 Å². The van der Waals surface area contributed by atoms with Crippen LogP contribution in [0.5, 0.6) is 11.5 Å². The molecule has 0 amide bonds. The van der Waals surface area contributed by atoms with E-state index in [9.17, 15) is 0 Å². The van der Waals surface area contributed by atoms with E-state index in [0.29, 0.717) is 6.61 Å². The van der Waals surface area contributed by atoms with E-state index in [0.717, 1.165) is 40.2 Å². The fourth-order valence-corrected chi connectivity index (χ4v) is 3.07. The van der Waals surface area contributed by atoms with Gasteiger partial charge in [0.15, 0.2) is 11.5 Å². The predicted octanol–water partition coefficient (Wildman–Crippen LogP) is 5.62. The lowest BCUT2D eigenvalue weighted by Crippen LogP contribution is -2.16. The van der Waals surface area contributed by atoms with Gasteiger partial charge in [-0.2, -0.15) is 0 Å². The summed E-state index contributed by atoms with van der Waals surface area (Å²) in [6.07, 6.45) is 3.68. The summed E-state index contributed by atoms with van der Waals surface area (Å²) < 4.78 is 12.7. The van der Waals surface area contributed by atoms with Crippen molar-refractivity contribution < 1.29 is 9.47 Å². The van der Waals surface area contributed by atoms with Crippen LogP contribution in [-0.4, -0.2) is 13.7 Å². The highest BCUT2D eigenvalue weighted by atomic mass is 79.9. The second kappa shape index (κ2) is 10.5. The molecule has 2 aromatic rings. The first-order valence-electron chi connectivity index (χ1n) is 8.90. The van der Waals surface area contributed by atoms with Crippen LogP contribution in [0.25, 0.3) is 0 Å². The molecule has 0 saturated heterocycles. The molecule has 3 nitrogen and oxygen atoms in total. The Morgan fingerprint density at radius 2 is 1.80 bits per heavy atom. The summed E-state index contributed by atoms with van der Waals surface area (Å²) in [6, 6.07) is 12.4. The summed E-state index contributed by atoms with van der Waals surface area (Å²) in [7, 11) is 1.68. The van der Waals surface area contributed by atoms with Crippen molar-refractivity contribution in [2.45, 2.75) is 46.3 Å². The summed E-state index contributed by atoms with van der Waals surface area (Å²) in [6.45, 7) is 6.59. The molecule has 0 bridgehead atoms. The number of aryl methyl sites for hydroxylation is 1. The van der Waals surface area contributed by atoms with E-state index < -0.39 is 0 Å². The minimum absolute atomic E-state index is 0.524. The van der Waals surface area contributed by atoms with Crippen molar-refractivity contribution in [3.05, 3.63) is 57.6 Å². The van der Waals surface area contributed by atoms with Crippen LogP contribution in [0.3, 0.4) is 0 Å². The maximum Gasteiger partial charge on any atom is 0.167 e. The molecule has 0 atom stereocenters. The molecule has 136 valence electrons. The third-order valence-corrected chi connectivity index (χ3v) is 4.89. The van der Waals surface area contributed by atoms with Crippen molar-refractivity contribution in [3.8, 4) is 11.5 Å². The molecule has 4 heteroatoms. The number of unbranched alkanes of at least 4 members (excludes halogenated alkanes) is 2. The zero-order chi connectivity index (χ0) is 18.1. The molecule has 0 saturated carbocycles. The monoisotopic (exact) mass is 405 g/mol.